The lowest BCUT2D eigenvalue weighted by molar-refractivity contribution is -0.118. The normalized spacial score (nSPS) is 16.5. The minimum Gasteiger partial charge on any atom is -0.325 e. The number of halogens is 1. The third kappa shape index (κ3) is 5.40. The van der Waals surface area contributed by atoms with Crippen LogP contribution in [0.5, 0.6) is 0 Å². The van der Waals surface area contributed by atoms with Crippen molar-refractivity contribution < 1.29 is 18.0 Å². The summed E-state index contributed by atoms with van der Waals surface area (Å²) in [7, 11) is -3.67. The monoisotopic (exact) mass is 496 g/mol. The van der Waals surface area contributed by atoms with Crippen molar-refractivity contribution >= 4 is 60.7 Å². The number of rotatable bonds is 5. The first-order chi connectivity index (χ1) is 13.7. The summed E-state index contributed by atoms with van der Waals surface area (Å²) in [6, 6.07) is 10.2. The van der Waals surface area contributed by atoms with Crippen LogP contribution in [0.15, 0.2) is 50.7 Å². The van der Waals surface area contributed by atoms with Crippen molar-refractivity contribution in [3.63, 3.8) is 0 Å². The summed E-state index contributed by atoms with van der Waals surface area (Å²) in [6.07, 6.45) is -0.169. The van der Waals surface area contributed by atoms with Crippen molar-refractivity contribution in [3.05, 3.63) is 46.4 Å². The summed E-state index contributed by atoms with van der Waals surface area (Å²) in [5, 5.41) is 5.50. The molecule has 0 radical (unpaired) electrons. The molecule has 1 atom stereocenters. The Bertz CT molecular complexity index is 1070. The molecule has 0 aliphatic carbocycles. The number of fused-ring (bicyclic) bond motifs is 1. The van der Waals surface area contributed by atoms with Gasteiger partial charge in [-0.1, -0.05) is 13.0 Å². The SMILES string of the molecule is Cc1ccc(NC(=O)CCS(=O)(=O)c2ccc3c(c2)NC(=O)[C@H](C)CS3)c(Br)c1. The van der Waals surface area contributed by atoms with Crippen LogP contribution in [-0.4, -0.2) is 31.7 Å². The van der Waals surface area contributed by atoms with Gasteiger partial charge in [-0.25, -0.2) is 8.42 Å². The highest BCUT2D eigenvalue weighted by Gasteiger charge is 2.23. The van der Waals surface area contributed by atoms with Crippen LogP contribution in [0.1, 0.15) is 18.9 Å². The molecule has 2 amide bonds. The summed E-state index contributed by atoms with van der Waals surface area (Å²) >= 11 is 4.90. The first-order valence-corrected chi connectivity index (χ1v) is 12.5. The van der Waals surface area contributed by atoms with Crippen LogP contribution >= 0.6 is 27.7 Å². The molecule has 0 aromatic heterocycles. The summed E-state index contributed by atoms with van der Waals surface area (Å²) in [4.78, 5) is 25.2. The molecule has 1 aliphatic rings. The fourth-order valence-corrected chi connectivity index (χ4v) is 5.62. The molecule has 1 heterocycles. The number of carbonyl (C=O) groups excluding carboxylic acids is 2. The Labute approximate surface area is 182 Å². The van der Waals surface area contributed by atoms with E-state index in [4.69, 9.17) is 0 Å². The quantitative estimate of drug-likeness (QED) is 0.645. The van der Waals surface area contributed by atoms with Gasteiger partial charge in [0.1, 0.15) is 0 Å². The second-order valence-electron chi connectivity index (χ2n) is 6.96. The number of hydrogen-bond donors (Lipinski definition) is 2. The van der Waals surface area contributed by atoms with Crippen molar-refractivity contribution in [1.82, 2.24) is 0 Å². The average molecular weight is 497 g/mol. The topological polar surface area (TPSA) is 92.3 Å². The van der Waals surface area contributed by atoms with Crippen LogP contribution < -0.4 is 10.6 Å². The molecule has 0 fully saturated rings. The molecule has 0 spiro atoms. The van der Waals surface area contributed by atoms with Crippen molar-refractivity contribution in [2.24, 2.45) is 5.92 Å². The van der Waals surface area contributed by atoms with E-state index in [-0.39, 0.29) is 34.8 Å². The molecule has 1 aliphatic heterocycles. The molecule has 0 saturated carbocycles. The van der Waals surface area contributed by atoms with E-state index in [1.807, 2.05) is 26.0 Å². The summed E-state index contributed by atoms with van der Waals surface area (Å²) in [6.45, 7) is 3.77. The Morgan fingerprint density at radius 3 is 2.76 bits per heavy atom. The van der Waals surface area contributed by atoms with E-state index in [1.54, 1.807) is 12.1 Å². The van der Waals surface area contributed by atoms with Gasteiger partial charge in [-0.3, -0.25) is 9.59 Å². The van der Waals surface area contributed by atoms with Gasteiger partial charge in [0.15, 0.2) is 9.84 Å². The fraction of sp³-hybridized carbons (Fsp3) is 0.300. The number of thioether (sulfide) groups is 1. The predicted molar refractivity (Wildman–Crippen MR) is 119 cm³/mol. The Morgan fingerprint density at radius 1 is 1.28 bits per heavy atom. The first kappa shape index (κ1) is 21.9. The Kier molecular flexibility index (Phi) is 6.70. The molecule has 2 aromatic carbocycles. The summed E-state index contributed by atoms with van der Waals surface area (Å²) in [5.74, 6) is -0.352. The minimum absolute atomic E-state index is 0.0935. The lowest BCUT2D eigenvalue weighted by Gasteiger charge is -2.11. The van der Waals surface area contributed by atoms with Crippen molar-refractivity contribution in [3.8, 4) is 0 Å². The number of carbonyl (C=O) groups is 2. The highest BCUT2D eigenvalue weighted by molar-refractivity contribution is 9.10. The number of sulfone groups is 1. The summed E-state index contributed by atoms with van der Waals surface area (Å²) < 4.78 is 26.2. The van der Waals surface area contributed by atoms with Gasteiger partial charge in [0.05, 0.1) is 22.0 Å². The Morgan fingerprint density at radius 2 is 2.03 bits per heavy atom. The van der Waals surface area contributed by atoms with Crippen LogP contribution in [0.3, 0.4) is 0 Å². The molecule has 29 heavy (non-hydrogen) atoms. The van der Waals surface area contributed by atoms with E-state index >= 15 is 0 Å². The molecular formula is C20H21BrN2O4S2. The standard InChI is InChI=1S/C20H21BrN2O4S2/c1-12-3-5-16(15(21)9-12)22-19(24)7-8-29(26,27)14-4-6-18-17(10-14)23-20(25)13(2)11-28-18/h3-6,9-10,13H,7-8,11H2,1-2H3,(H,22,24)(H,23,25)/t13-/m1/s1. The smallest absolute Gasteiger partial charge is 0.228 e. The second-order valence-corrected chi connectivity index (χ2v) is 11.0. The fourth-order valence-electron chi connectivity index (χ4n) is 2.75. The third-order valence-corrected chi connectivity index (χ3v) is 8.20. The number of aryl methyl sites for hydroxylation is 1. The third-order valence-electron chi connectivity index (χ3n) is 4.50. The molecule has 6 nitrogen and oxygen atoms in total. The molecule has 3 rings (SSSR count). The molecule has 0 bridgehead atoms. The van der Waals surface area contributed by atoms with Crippen molar-refractivity contribution in [2.45, 2.75) is 30.1 Å². The highest BCUT2D eigenvalue weighted by Crippen LogP contribution is 2.34. The second kappa shape index (κ2) is 8.89. The zero-order valence-corrected chi connectivity index (χ0v) is 19.2. The van der Waals surface area contributed by atoms with Gasteiger partial charge in [-0.2, -0.15) is 0 Å². The average Bonchev–Trinajstić information content (AvgIpc) is 2.80. The lowest BCUT2D eigenvalue weighted by atomic mass is 10.2. The van der Waals surface area contributed by atoms with Gasteiger partial charge in [-0.15, -0.1) is 11.8 Å². The van der Waals surface area contributed by atoms with Gasteiger partial charge in [0.2, 0.25) is 11.8 Å². The van der Waals surface area contributed by atoms with Crippen LogP contribution in [0, 0.1) is 12.8 Å². The Hall–Kier alpha value is -1.84. The molecule has 0 saturated heterocycles. The molecule has 154 valence electrons. The van der Waals surface area contributed by atoms with Gasteiger partial charge in [-0.05, 0) is 58.7 Å². The number of amides is 2. The van der Waals surface area contributed by atoms with E-state index in [2.05, 4.69) is 26.6 Å². The van der Waals surface area contributed by atoms with E-state index < -0.39 is 9.84 Å². The van der Waals surface area contributed by atoms with E-state index in [1.165, 1.54) is 23.9 Å². The number of hydrogen-bond acceptors (Lipinski definition) is 5. The van der Waals surface area contributed by atoms with Gasteiger partial charge in [0.25, 0.3) is 0 Å². The molecular weight excluding hydrogens is 476 g/mol. The van der Waals surface area contributed by atoms with E-state index in [0.29, 0.717) is 17.1 Å². The molecule has 9 heteroatoms. The molecule has 0 unspecified atom stereocenters. The Balaban J connectivity index is 1.69. The number of anilines is 2. The summed E-state index contributed by atoms with van der Waals surface area (Å²) in [5.41, 5.74) is 2.13. The maximum absolute atomic E-state index is 12.7. The molecule has 2 aromatic rings. The minimum atomic E-state index is -3.67. The predicted octanol–water partition coefficient (Wildman–Crippen LogP) is 4.24. The zero-order valence-electron chi connectivity index (χ0n) is 16.0. The number of benzene rings is 2. The van der Waals surface area contributed by atoms with Crippen LogP contribution in [-0.2, 0) is 19.4 Å². The van der Waals surface area contributed by atoms with E-state index in [0.717, 1.165) is 14.9 Å². The van der Waals surface area contributed by atoms with Crippen LogP contribution in [0.25, 0.3) is 0 Å². The van der Waals surface area contributed by atoms with Gasteiger partial charge in [0, 0.05) is 27.5 Å². The number of nitrogens with one attached hydrogen (secondary N) is 2. The molecule has 2 N–H and O–H groups in total. The first-order valence-electron chi connectivity index (χ1n) is 9.02. The zero-order chi connectivity index (χ0) is 21.2. The van der Waals surface area contributed by atoms with Crippen molar-refractivity contribution in [2.75, 3.05) is 22.1 Å². The highest BCUT2D eigenvalue weighted by atomic mass is 79.9. The maximum atomic E-state index is 12.7. The maximum Gasteiger partial charge on any atom is 0.228 e. The largest absolute Gasteiger partial charge is 0.325 e. The van der Waals surface area contributed by atoms with Gasteiger partial charge < -0.3 is 10.6 Å². The lowest BCUT2D eigenvalue weighted by Crippen LogP contribution is -2.20. The van der Waals surface area contributed by atoms with Crippen LogP contribution in [0.2, 0.25) is 0 Å². The van der Waals surface area contributed by atoms with Gasteiger partial charge >= 0.3 is 0 Å². The van der Waals surface area contributed by atoms with E-state index in [9.17, 15) is 18.0 Å². The van der Waals surface area contributed by atoms with Crippen LogP contribution in [0.4, 0.5) is 11.4 Å². The van der Waals surface area contributed by atoms with Crippen molar-refractivity contribution in [1.29, 1.82) is 0 Å².